The van der Waals surface area contributed by atoms with Gasteiger partial charge in [-0.1, -0.05) is 15.9 Å². The Labute approximate surface area is 98.9 Å². The van der Waals surface area contributed by atoms with E-state index >= 15 is 0 Å². The second-order valence-corrected chi connectivity index (χ2v) is 4.96. The number of nitrogens with two attached hydrogens (primary N) is 1. The fourth-order valence-corrected chi connectivity index (χ4v) is 1.94. The van der Waals surface area contributed by atoms with Gasteiger partial charge in [0.05, 0.1) is 6.61 Å². The highest BCUT2D eigenvalue weighted by Gasteiger charge is 2.22. The molecule has 0 bridgehead atoms. The van der Waals surface area contributed by atoms with Crippen LogP contribution in [0.1, 0.15) is 18.4 Å². The molecule has 1 saturated carbocycles. The normalized spacial score (nSPS) is 15.3. The molecule has 0 unspecified atom stereocenters. The number of halogens is 1. The van der Waals surface area contributed by atoms with Gasteiger partial charge in [-0.3, -0.25) is 0 Å². The first kappa shape index (κ1) is 11.0. The molecule has 1 aromatic rings. The van der Waals surface area contributed by atoms with E-state index in [1.54, 1.807) is 0 Å². The minimum atomic E-state index is 0.663. The van der Waals surface area contributed by atoms with Gasteiger partial charge >= 0.3 is 0 Å². The molecule has 1 fully saturated rings. The summed E-state index contributed by atoms with van der Waals surface area (Å²) in [4.78, 5) is 0. The lowest BCUT2D eigenvalue weighted by Gasteiger charge is -2.10. The van der Waals surface area contributed by atoms with Crippen molar-refractivity contribution in [2.75, 3.05) is 13.2 Å². The summed E-state index contributed by atoms with van der Waals surface area (Å²) in [6, 6.07) is 6.13. The van der Waals surface area contributed by atoms with Crippen LogP contribution in [0.3, 0.4) is 0 Å². The Hall–Kier alpha value is -0.540. The molecule has 0 amide bonds. The maximum absolute atomic E-state index is 5.79. The smallest absolute Gasteiger partial charge is 0.122 e. The van der Waals surface area contributed by atoms with Crippen LogP contribution in [0.4, 0.5) is 0 Å². The molecular weight excluding hydrogens is 254 g/mol. The van der Waals surface area contributed by atoms with E-state index < -0.39 is 0 Å². The van der Waals surface area contributed by atoms with Crippen molar-refractivity contribution in [2.24, 2.45) is 11.7 Å². The molecule has 82 valence electrons. The third-order valence-electron chi connectivity index (χ3n) is 2.61. The van der Waals surface area contributed by atoms with Crippen molar-refractivity contribution < 1.29 is 4.74 Å². The van der Waals surface area contributed by atoms with Crippen molar-refractivity contribution in [2.45, 2.75) is 19.3 Å². The summed E-state index contributed by atoms with van der Waals surface area (Å²) in [6.45, 7) is 1.52. The van der Waals surface area contributed by atoms with Gasteiger partial charge in [0, 0.05) is 4.47 Å². The second kappa shape index (κ2) is 4.99. The van der Waals surface area contributed by atoms with Gasteiger partial charge in [-0.15, -0.1) is 0 Å². The van der Waals surface area contributed by atoms with E-state index in [1.165, 1.54) is 18.4 Å². The molecule has 0 aliphatic heterocycles. The Balaban J connectivity index is 2.04. The van der Waals surface area contributed by atoms with Crippen molar-refractivity contribution in [1.29, 1.82) is 0 Å². The van der Waals surface area contributed by atoms with E-state index in [2.05, 4.69) is 22.0 Å². The standard InChI is InChI=1S/C12H16BrNO/c13-11-3-4-12(10(7-11)5-6-14)15-8-9-1-2-9/h3-4,7,9H,1-2,5-6,8,14H2. The van der Waals surface area contributed by atoms with Crippen LogP contribution in [0.15, 0.2) is 22.7 Å². The van der Waals surface area contributed by atoms with Gasteiger partial charge in [-0.05, 0) is 55.5 Å². The van der Waals surface area contributed by atoms with Crippen molar-refractivity contribution in [1.82, 2.24) is 0 Å². The Bertz CT molecular complexity index is 336. The van der Waals surface area contributed by atoms with Gasteiger partial charge in [0.25, 0.3) is 0 Å². The van der Waals surface area contributed by atoms with E-state index in [4.69, 9.17) is 10.5 Å². The van der Waals surface area contributed by atoms with Crippen LogP contribution >= 0.6 is 15.9 Å². The van der Waals surface area contributed by atoms with Gasteiger partial charge in [0.15, 0.2) is 0 Å². The highest BCUT2D eigenvalue weighted by Crippen LogP contribution is 2.31. The van der Waals surface area contributed by atoms with Gasteiger partial charge in [0.2, 0.25) is 0 Å². The molecule has 15 heavy (non-hydrogen) atoms. The molecule has 0 saturated heterocycles. The number of hydrogen-bond donors (Lipinski definition) is 1. The maximum Gasteiger partial charge on any atom is 0.122 e. The molecule has 3 heteroatoms. The number of ether oxygens (including phenoxy) is 1. The van der Waals surface area contributed by atoms with Crippen molar-refractivity contribution >= 4 is 15.9 Å². The van der Waals surface area contributed by atoms with Gasteiger partial charge in [-0.2, -0.15) is 0 Å². The largest absolute Gasteiger partial charge is 0.493 e. The van der Waals surface area contributed by atoms with Gasteiger partial charge < -0.3 is 10.5 Å². The van der Waals surface area contributed by atoms with Crippen LogP contribution in [-0.4, -0.2) is 13.2 Å². The molecule has 2 N–H and O–H groups in total. The fourth-order valence-electron chi connectivity index (χ4n) is 1.53. The fraction of sp³-hybridized carbons (Fsp3) is 0.500. The second-order valence-electron chi connectivity index (χ2n) is 4.05. The summed E-state index contributed by atoms with van der Waals surface area (Å²) in [7, 11) is 0. The molecule has 0 heterocycles. The molecule has 2 rings (SSSR count). The van der Waals surface area contributed by atoms with Crippen molar-refractivity contribution in [3.63, 3.8) is 0 Å². The van der Waals surface area contributed by atoms with E-state index in [1.807, 2.05) is 12.1 Å². The van der Waals surface area contributed by atoms with Crippen LogP contribution in [0.5, 0.6) is 5.75 Å². The summed E-state index contributed by atoms with van der Waals surface area (Å²) in [5.74, 6) is 1.79. The summed E-state index contributed by atoms with van der Waals surface area (Å²) in [6.07, 6.45) is 3.52. The predicted molar refractivity (Wildman–Crippen MR) is 65.1 cm³/mol. The zero-order valence-electron chi connectivity index (χ0n) is 8.71. The van der Waals surface area contributed by atoms with E-state index in [0.29, 0.717) is 6.54 Å². The van der Waals surface area contributed by atoms with E-state index in [-0.39, 0.29) is 0 Å². The zero-order chi connectivity index (χ0) is 10.7. The first-order valence-electron chi connectivity index (χ1n) is 5.41. The Morgan fingerprint density at radius 2 is 2.20 bits per heavy atom. The Morgan fingerprint density at radius 1 is 1.40 bits per heavy atom. The molecule has 1 aromatic carbocycles. The maximum atomic E-state index is 5.79. The lowest BCUT2D eigenvalue weighted by Crippen LogP contribution is -2.06. The zero-order valence-corrected chi connectivity index (χ0v) is 10.3. The first-order valence-corrected chi connectivity index (χ1v) is 6.20. The first-order chi connectivity index (χ1) is 7.29. The molecule has 1 aliphatic carbocycles. The lowest BCUT2D eigenvalue weighted by molar-refractivity contribution is 0.297. The Morgan fingerprint density at radius 3 is 2.87 bits per heavy atom. The van der Waals surface area contributed by atoms with E-state index in [9.17, 15) is 0 Å². The molecule has 0 aromatic heterocycles. The number of hydrogen-bond acceptors (Lipinski definition) is 2. The summed E-state index contributed by atoms with van der Waals surface area (Å²) < 4.78 is 6.88. The highest BCUT2D eigenvalue weighted by molar-refractivity contribution is 9.10. The van der Waals surface area contributed by atoms with Crippen molar-refractivity contribution in [3.05, 3.63) is 28.2 Å². The molecule has 2 nitrogen and oxygen atoms in total. The Kier molecular flexibility index (Phi) is 3.65. The van der Waals surface area contributed by atoms with Gasteiger partial charge in [-0.25, -0.2) is 0 Å². The van der Waals surface area contributed by atoms with Crippen LogP contribution in [0.25, 0.3) is 0 Å². The monoisotopic (exact) mass is 269 g/mol. The average molecular weight is 270 g/mol. The van der Waals surface area contributed by atoms with Crippen LogP contribution < -0.4 is 10.5 Å². The number of rotatable bonds is 5. The van der Waals surface area contributed by atoms with Crippen LogP contribution in [0, 0.1) is 5.92 Å². The highest BCUT2D eigenvalue weighted by atomic mass is 79.9. The molecule has 0 atom stereocenters. The minimum Gasteiger partial charge on any atom is -0.493 e. The van der Waals surface area contributed by atoms with Crippen LogP contribution in [0.2, 0.25) is 0 Å². The summed E-state index contributed by atoms with van der Waals surface area (Å²) in [5.41, 5.74) is 6.78. The lowest BCUT2D eigenvalue weighted by atomic mass is 10.1. The molecule has 0 radical (unpaired) electrons. The van der Waals surface area contributed by atoms with Crippen molar-refractivity contribution in [3.8, 4) is 5.75 Å². The average Bonchev–Trinajstić information content (AvgIpc) is 3.01. The van der Waals surface area contributed by atoms with Crippen LogP contribution in [-0.2, 0) is 6.42 Å². The van der Waals surface area contributed by atoms with Gasteiger partial charge in [0.1, 0.15) is 5.75 Å². The molecule has 0 spiro atoms. The minimum absolute atomic E-state index is 0.663. The third kappa shape index (κ3) is 3.21. The molecule has 1 aliphatic rings. The predicted octanol–water partition coefficient (Wildman–Crippen LogP) is 2.74. The summed E-state index contributed by atoms with van der Waals surface area (Å²) >= 11 is 3.46. The number of benzene rings is 1. The third-order valence-corrected chi connectivity index (χ3v) is 3.10. The van der Waals surface area contributed by atoms with E-state index in [0.717, 1.165) is 29.2 Å². The topological polar surface area (TPSA) is 35.2 Å². The summed E-state index contributed by atoms with van der Waals surface area (Å²) in [5, 5.41) is 0. The SMILES string of the molecule is NCCc1cc(Br)ccc1OCC1CC1. The molecular formula is C12H16BrNO. The quantitative estimate of drug-likeness (QED) is 0.892.